The molecular formula is C15H15N. The van der Waals surface area contributed by atoms with Gasteiger partial charge in [-0.2, -0.15) is 5.26 Å². The summed E-state index contributed by atoms with van der Waals surface area (Å²) in [6, 6.07) is 12.7. The van der Waals surface area contributed by atoms with E-state index in [9.17, 15) is 0 Å². The van der Waals surface area contributed by atoms with Crippen molar-refractivity contribution in [2.45, 2.75) is 19.8 Å². The van der Waals surface area contributed by atoms with E-state index in [0.717, 1.165) is 12.8 Å². The molecule has 1 aliphatic carbocycles. The molecule has 0 amide bonds. The second-order valence-electron chi connectivity index (χ2n) is 4.18. The Hall–Kier alpha value is -1.81. The van der Waals surface area contributed by atoms with Crippen LogP contribution in [0.3, 0.4) is 0 Å². The standard InChI is InChI=1S/C15H15N/c1-2-15(12-16)10-8-14(9-11-15)13-6-4-3-5-7-13/h3-10H,2,11H2,1H3/t15-/m1/s1. The van der Waals surface area contributed by atoms with Gasteiger partial charge in [-0.3, -0.25) is 0 Å². The number of benzene rings is 1. The fourth-order valence-electron chi connectivity index (χ4n) is 1.95. The Morgan fingerprint density at radius 2 is 2.06 bits per heavy atom. The molecule has 2 rings (SSSR count). The van der Waals surface area contributed by atoms with E-state index in [1.807, 2.05) is 18.2 Å². The fraction of sp³-hybridized carbons (Fsp3) is 0.267. The lowest BCUT2D eigenvalue weighted by atomic mass is 9.78. The van der Waals surface area contributed by atoms with Gasteiger partial charge in [-0.1, -0.05) is 55.5 Å². The van der Waals surface area contributed by atoms with Gasteiger partial charge in [-0.25, -0.2) is 0 Å². The van der Waals surface area contributed by atoms with Gasteiger partial charge in [-0.05, 0) is 24.0 Å². The predicted molar refractivity (Wildman–Crippen MR) is 66.5 cm³/mol. The zero-order valence-corrected chi connectivity index (χ0v) is 9.48. The minimum absolute atomic E-state index is 0.279. The minimum atomic E-state index is -0.279. The lowest BCUT2D eigenvalue weighted by Gasteiger charge is -2.23. The maximum Gasteiger partial charge on any atom is 0.0788 e. The molecule has 1 heteroatoms. The summed E-state index contributed by atoms with van der Waals surface area (Å²) in [5.41, 5.74) is 2.17. The first-order valence-electron chi connectivity index (χ1n) is 5.66. The Kier molecular flexibility index (Phi) is 2.92. The molecule has 0 aromatic heterocycles. The molecule has 80 valence electrons. The Bertz CT molecular complexity index is 462. The number of rotatable bonds is 2. The van der Waals surface area contributed by atoms with Gasteiger partial charge in [0, 0.05) is 0 Å². The SMILES string of the molecule is CC[C@@]1(C#N)C=CC(c2ccccc2)=CC1. The van der Waals surface area contributed by atoms with Gasteiger partial charge < -0.3 is 0 Å². The summed E-state index contributed by atoms with van der Waals surface area (Å²) in [6.45, 7) is 2.06. The van der Waals surface area contributed by atoms with Crippen LogP contribution >= 0.6 is 0 Å². The average molecular weight is 209 g/mol. The van der Waals surface area contributed by atoms with Gasteiger partial charge in [-0.15, -0.1) is 0 Å². The van der Waals surface area contributed by atoms with Crippen molar-refractivity contribution in [3.63, 3.8) is 0 Å². The van der Waals surface area contributed by atoms with Crippen LogP contribution in [-0.4, -0.2) is 0 Å². The predicted octanol–water partition coefficient (Wildman–Crippen LogP) is 3.95. The van der Waals surface area contributed by atoms with Crippen LogP contribution in [0.1, 0.15) is 25.3 Å². The molecule has 1 aromatic carbocycles. The van der Waals surface area contributed by atoms with E-state index >= 15 is 0 Å². The lowest BCUT2D eigenvalue weighted by molar-refractivity contribution is 0.492. The molecule has 0 spiro atoms. The summed E-state index contributed by atoms with van der Waals surface area (Å²) in [5.74, 6) is 0. The summed E-state index contributed by atoms with van der Waals surface area (Å²) in [7, 11) is 0. The highest BCUT2D eigenvalue weighted by Gasteiger charge is 2.25. The van der Waals surface area contributed by atoms with E-state index in [1.54, 1.807) is 0 Å². The normalized spacial score (nSPS) is 23.6. The molecule has 0 bridgehead atoms. The van der Waals surface area contributed by atoms with E-state index in [1.165, 1.54) is 11.1 Å². The molecule has 0 saturated heterocycles. The monoisotopic (exact) mass is 209 g/mol. The molecule has 0 fully saturated rings. The molecule has 0 N–H and O–H groups in total. The molecule has 16 heavy (non-hydrogen) atoms. The minimum Gasteiger partial charge on any atom is -0.197 e. The van der Waals surface area contributed by atoms with Crippen molar-refractivity contribution in [3.05, 3.63) is 54.1 Å². The maximum absolute atomic E-state index is 9.17. The van der Waals surface area contributed by atoms with E-state index in [4.69, 9.17) is 5.26 Å². The highest BCUT2D eigenvalue weighted by atomic mass is 14.4. The second kappa shape index (κ2) is 4.37. The number of hydrogen-bond donors (Lipinski definition) is 0. The Balaban J connectivity index is 2.24. The van der Waals surface area contributed by atoms with Gasteiger partial charge in [0.15, 0.2) is 0 Å². The smallest absolute Gasteiger partial charge is 0.0788 e. The molecular weight excluding hydrogens is 194 g/mol. The third-order valence-corrected chi connectivity index (χ3v) is 3.23. The summed E-state index contributed by atoms with van der Waals surface area (Å²) < 4.78 is 0. The van der Waals surface area contributed by atoms with Crippen molar-refractivity contribution < 1.29 is 0 Å². The van der Waals surface area contributed by atoms with Crippen molar-refractivity contribution >= 4 is 5.57 Å². The van der Waals surface area contributed by atoms with Crippen molar-refractivity contribution in [2.24, 2.45) is 5.41 Å². The van der Waals surface area contributed by atoms with Gasteiger partial charge in [0.05, 0.1) is 11.5 Å². The Morgan fingerprint density at radius 3 is 2.56 bits per heavy atom. The van der Waals surface area contributed by atoms with Crippen LogP contribution in [0.5, 0.6) is 0 Å². The van der Waals surface area contributed by atoms with Gasteiger partial charge >= 0.3 is 0 Å². The highest BCUT2D eigenvalue weighted by Crippen LogP contribution is 2.34. The zero-order chi connectivity index (χ0) is 11.4. The summed E-state index contributed by atoms with van der Waals surface area (Å²) in [4.78, 5) is 0. The molecule has 0 saturated carbocycles. The quantitative estimate of drug-likeness (QED) is 0.723. The van der Waals surface area contributed by atoms with Crippen LogP contribution < -0.4 is 0 Å². The molecule has 0 aliphatic heterocycles. The van der Waals surface area contributed by atoms with Crippen LogP contribution in [0.25, 0.3) is 5.57 Å². The zero-order valence-electron chi connectivity index (χ0n) is 9.48. The molecule has 1 atom stereocenters. The van der Waals surface area contributed by atoms with E-state index in [-0.39, 0.29) is 5.41 Å². The second-order valence-corrected chi connectivity index (χ2v) is 4.18. The molecule has 1 aliphatic rings. The van der Waals surface area contributed by atoms with Gasteiger partial charge in [0.1, 0.15) is 0 Å². The molecule has 0 heterocycles. The lowest BCUT2D eigenvalue weighted by Crippen LogP contribution is -2.15. The number of nitriles is 1. The summed E-state index contributed by atoms with van der Waals surface area (Å²) >= 11 is 0. The third-order valence-electron chi connectivity index (χ3n) is 3.23. The van der Waals surface area contributed by atoms with Crippen molar-refractivity contribution in [2.75, 3.05) is 0 Å². The maximum atomic E-state index is 9.17. The van der Waals surface area contributed by atoms with Crippen LogP contribution in [0.4, 0.5) is 0 Å². The van der Waals surface area contributed by atoms with Crippen molar-refractivity contribution in [3.8, 4) is 6.07 Å². The highest BCUT2D eigenvalue weighted by molar-refractivity contribution is 5.75. The first-order valence-corrected chi connectivity index (χ1v) is 5.66. The Labute approximate surface area is 96.7 Å². The van der Waals surface area contributed by atoms with Gasteiger partial charge in [0.2, 0.25) is 0 Å². The van der Waals surface area contributed by atoms with Crippen molar-refractivity contribution in [1.29, 1.82) is 5.26 Å². The fourth-order valence-corrected chi connectivity index (χ4v) is 1.95. The molecule has 0 radical (unpaired) electrons. The number of nitrogens with zero attached hydrogens (tertiary/aromatic N) is 1. The van der Waals surface area contributed by atoms with E-state index in [0.29, 0.717) is 0 Å². The average Bonchev–Trinajstić information content (AvgIpc) is 2.40. The van der Waals surface area contributed by atoms with Gasteiger partial charge in [0.25, 0.3) is 0 Å². The number of allylic oxidation sites excluding steroid dienone is 4. The third kappa shape index (κ3) is 1.92. The van der Waals surface area contributed by atoms with Crippen LogP contribution in [0.2, 0.25) is 0 Å². The molecule has 1 nitrogen and oxygen atoms in total. The first-order chi connectivity index (χ1) is 7.79. The topological polar surface area (TPSA) is 23.8 Å². The molecule has 0 unspecified atom stereocenters. The van der Waals surface area contributed by atoms with E-state index in [2.05, 4.69) is 43.4 Å². The van der Waals surface area contributed by atoms with Crippen LogP contribution in [0, 0.1) is 16.7 Å². The van der Waals surface area contributed by atoms with Crippen LogP contribution in [0.15, 0.2) is 48.6 Å². The summed E-state index contributed by atoms with van der Waals surface area (Å²) in [6.07, 6.45) is 7.99. The Morgan fingerprint density at radius 1 is 1.31 bits per heavy atom. The largest absolute Gasteiger partial charge is 0.197 e. The summed E-state index contributed by atoms with van der Waals surface area (Å²) in [5, 5.41) is 9.17. The van der Waals surface area contributed by atoms with E-state index < -0.39 is 0 Å². The number of hydrogen-bond acceptors (Lipinski definition) is 1. The van der Waals surface area contributed by atoms with Crippen molar-refractivity contribution in [1.82, 2.24) is 0 Å². The first kappa shape index (κ1) is 10.7. The van der Waals surface area contributed by atoms with Crippen LogP contribution in [-0.2, 0) is 0 Å². The molecule has 1 aromatic rings.